The van der Waals surface area contributed by atoms with Crippen LogP contribution in [0.5, 0.6) is 0 Å². The number of aryl methyl sites for hydroxylation is 1. The summed E-state index contributed by atoms with van der Waals surface area (Å²) in [6.45, 7) is 8.27. The molecule has 0 unspecified atom stereocenters. The molecule has 2 saturated carbocycles. The first-order valence-corrected chi connectivity index (χ1v) is 10.9. The van der Waals surface area contributed by atoms with E-state index in [-0.39, 0.29) is 0 Å². The van der Waals surface area contributed by atoms with Gasteiger partial charge in [0.2, 0.25) is 0 Å². The molecule has 2 aliphatic carbocycles. The lowest BCUT2D eigenvalue weighted by atomic mass is 9.78. The van der Waals surface area contributed by atoms with E-state index in [2.05, 4.69) is 34.7 Å². The highest BCUT2D eigenvalue weighted by Crippen LogP contribution is 2.42. The molecule has 0 amide bonds. The number of nitrogens with zero attached hydrogens (tertiary/aromatic N) is 4. The third kappa shape index (κ3) is 5.45. The lowest BCUT2D eigenvalue weighted by Crippen LogP contribution is -2.46. The van der Waals surface area contributed by atoms with Crippen molar-refractivity contribution in [3.63, 3.8) is 0 Å². The maximum absolute atomic E-state index is 4.87. The van der Waals surface area contributed by atoms with Crippen molar-refractivity contribution in [2.24, 2.45) is 23.4 Å². The third-order valence-corrected chi connectivity index (χ3v) is 6.39. The smallest absolute Gasteiger partial charge is 0.191 e. The summed E-state index contributed by atoms with van der Waals surface area (Å²) in [7, 11) is 2.01. The number of hydrogen-bond donors (Lipinski definition) is 2. The van der Waals surface area contributed by atoms with Gasteiger partial charge in [0.05, 0.1) is 0 Å². The Kier molecular flexibility index (Phi) is 6.77. The van der Waals surface area contributed by atoms with Crippen LogP contribution in [-0.2, 0) is 13.6 Å². The molecule has 1 aromatic heterocycles. The molecule has 0 spiro atoms. The SMILES string of the molecule is Cc1nnc(CN=C(NCC2(CC(C)C)CCCC2)NC2CCCC2)n1C. The lowest BCUT2D eigenvalue weighted by Gasteiger charge is -2.32. The summed E-state index contributed by atoms with van der Waals surface area (Å²) in [5.41, 5.74) is 0.438. The van der Waals surface area contributed by atoms with Gasteiger partial charge in [-0.15, -0.1) is 10.2 Å². The van der Waals surface area contributed by atoms with Crippen LogP contribution in [0.1, 0.15) is 83.3 Å². The second-order valence-corrected chi connectivity index (χ2v) is 9.17. The van der Waals surface area contributed by atoms with Gasteiger partial charge in [-0.3, -0.25) is 0 Å². The van der Waals surface area contributed by atoms with Crippen molar-refractivity contribution >= 4 is 5.96 Å². The molecular formula is C21H38N6. The number of hydrogen-bond acceptors (Lipinski definition) is 3. The first kappa shape index (κ1) is 20.2. The standard InChI is InChI=1S/C21H38N6/c1-16(2)13-21(11-7-8-12-21)15-23-20(24-18-9-5-6-10-18)22-14-19-26-25-17(3)27(19)4/h16,18H,5-15H2,1-4H3,(H2,22,23,24). The Balaban J connectivity index is 1.67. The second-order valence-electron chi connectivity index (χ2n) is 9.17. The zero-order valence-corrected chi connectivity index (χ0v) is 17.7. The molecule has 0 atom stereocenters. The first-order chi connectivity index (χ1) is 13.0. The Labute approximate surface area is 164 Å². The monoisotopic (exact) mass is 374 g/mol. The van der Waals surface area contributed by atoms with Crippen LogP contribution in [0, 0.1) is 18.3 Å². The summed E-state index contributed by atoms with van der Waals surface area (Å²) in [4.78, 5) is 4.87. The quantitative estimate of drug-likeness (QED) is 0.564. The molecule has 0 saturated heterocycles. The molecule has 6 heteroatoms. The van der Waals surface area contributed by atoms with Crippen LogP contribution >= 0.6 is 0 Å². The first-order valence-electron chi connectivity index (χ1n) is 10.9. The average molecular weight is 375 g/mol. The Morgan fingerprint density at radius 3 is 2.48 bits per heavy atom. The number of guanidine groups is 1. The fourth-order valence-electron chi connectivity index (χ4n) is 4.87. The van der Waals surface area contributed by atoms with Gasteiger partial charge in [-0.25, -0.2) is 4.99 Å². The Bertz CT molecular complexity index is 621. The molecule has 0 aliphatic heterocycles. The summed E-state index contributed by atoms with van der Waals surface area (Å²) in [6.07, 6.45) is 11.9. The van der Waals surface area contributed by atoms with Gasteiger partial charge in [-0.05, 0) is 50.4 Å². The van der Waals surface area contributed by atoms with Gasteiger partial charge in [0.15, 0.2) is 11.8 Å². The van der Waals surface area contributed by atoms with Crippen molar-refractivity contribution in [1.82, 2.24) is 25.4 Å². The minimum atomic E-state index is 0.438. The molecule has 27 heavy (non-hydrogen) atoms. The predicted molar refractivity (Wildman–Crippen MR) is 111 cm³/mol. The number of rotatable bonds is 7. The fraction of sp³-hybridized carbons (Fsp3) is 0.857. The van der Waals surface area contributed by atoms with E-state index < -0.39 is 0 Å². The van der Waals surface area contributed by atoms with Crippen molar-refractivity contribution in [2.75, 3.05) is 6.54 Å². The minimum absolute atomic E-state index is 0.438. The molecule has 3 rings (SSSR count). The van der Waals surface area contributed by atoms with Gasteiger partial charge in [0.1, 0.15) is 12.4 Å². The highest BCUT2D eigenvalue weighted by atomic mass is 15.3. The molecule has 1 aromatic rings. The minimum Gasteiger partial charge on any atom is -0.356 e. The molecule has 0 bridgehead atoms. The van der Waals surface area contributed by atoms with E-state index in [1.807, 2.05) is 18.5 Å². The van der Waals surface area contributed by atoms with Crippen molar-refractivity contribution in [3.8, 4) is 0 Å². The van der Waals surface area contributed by atoms with E-state index in [4.69, 9.17) is 4.99 Å². The van der Waals surface area contributed by atoms with Gasteiger partial charge in [0, 0.05) is 19.6 Å². The number of aromatic nitrogens is 3. The van der Waals surface area contributed by atoms with Crippen LogP contribution in [-0.4, -0.2) is 33.3 Å². The molecule has 1 heterocycles. The van der Waals surface area contributed by atoms with Crippen molar-refractivity contribution in [1.29, 1.82) is 0 Å². The Hall–Kier alpha value is -1.59. The highest BCUT2D eigenvalue weighted by molar-refractivity contribution is 5.80. The molecule has 6 nitrogen and oxygen atoms in total. The van der Waals surface area contributed by atoms with Gasteiger partial charge >= 0.3 is 0 Å². The Morgan fingerprint density at radius 2 is 1.89 bits per heavy atom. The molecule has 0 aromatic carbocycles. The van der Waals surface area contributed by atoms with Crippen LogP contribution in [0.25, 0.3) is 0 Å². The number of aliphatic imine (C=N–C) groups is 1. The summed E-state index contributed by atoms with van der Waals surface area (Å²) in [5.74, 6) is 3.55. The highest BCUT2D eigenvalue weighted by Gasteiger charge is 2.34. The molecular weight excluding hydrogens is 336 g/mol. The zero-order chi connectivity index (χ0) is 19.3. The summed E-state index contributed by atoms with van der Waals surface area (Å²) in [6, 6.07) is 0.558. The van der Waals surface area contributed by atoms with E-state index in [0.29, 0.717) is 18.0 Å². The summed E-state index contributed by atoms with van der Waals surface area (Å²) >= 11 is 0. The van der Waals surface area contributed by atoms with Crippen LogP contribution in [0.4, 0.5) is 0 Å². The van der Waals surface area contributed by atoms with Crippen LogP contribution in [0.15, 0.2) is 4.99 Å². The third-order valence-electron chi connectivity index (χ3n) is 6.39. The van der Waals surface area contributed by atoms with Gasteiger partial charge in [0.25, 0.3) is 0 Å². The van der Waals surface area contributed by atoms with E-state index >= 15 is 0 Å². The predicted octanol–water partition coefficient (Wildman–Crippen LogP) is 3.71. The van der Waals surface area contributed by atoms with Crippen molar-refractivity contribution in [2.45, 2.75) is 91.1 Å². The van der Waals surface area contributed by atoms with Gasteiger partial charge in [-0.2, -0.15) is 0 Å². The largest absolute Gasteiger partial charge is 0.356 e. The summed E-state index contributed by atoms with van der Waals surface area (Å²) < 4.78 is 2.02. The topological polar surface area (TPSA) is 67.1 Å². The molecule has 152 valence electrons. The molecule has 2 aliphatic rings. The van der Waals surface area contributed by atoms with Gasteiger partial charge < -0.3 is 15.2 Å². The second kappa shape index (κ2) is 9.07. The van der Waals surface area contributed by atoms with Crippen molar-refractivity contribution < 1.29 is 0 Å². The fourth-order valence-corrected chi connectivity index (χ4v) is 4.87. The van der Waals surface area contributed by atoms with Crippen LogP contribution in [0.3, 0.4) is 0 Å². The van der Waals surface area contributed by atoms with E-state index in [1.165, 1.54) is 57.8 Å². The van der Waals surface area contributed by atoms with Crippen molar-refractivity contribution in [3.05, 3.63) is 11.6 Å². The number of nitrogens with one attached hydrogen (secondary N) is 2. The van der Waals surface area contributed by atoms with Crippen LogP contribution < -0.4 is 10.6 Å². The van der Waals surface area contributed by atoms with Crippen LogP contribution in [0.2, 0.25) is 0 Å². The lowest BCUT2D eigenvalue weighted by molar-refractivity contribution is 0.234. The van der Waals surface area contributed by atoms with Gasteiger partial charge in [-0.1, -0.05) is 39.5 Å². The maximum atomic E-state index is 4.87. The molecule has 2 fully saturated rings. The average Bonchev–Trinajstić information content (AvgIpc) is 3.35. The van der Waals surface area contributed by atoms with E-state index in [0.717, 1.165) is 30.1 Å². The molecule has 0 radical (unpaired) electrons. The molecule has 2 N–H and O–H groups in total. The normalized spacial score (nSPS) is 20.6. The van der Waals surface area contributed by atoms with E-state index in [1.54, 1.807) is 0 Å². The maximum Gasteiger partial charge on any atom is 0.191 e. The zero-order valence-electron chi connectivity index (χ0n) is 17.7. The van der Waals surface area contributed by atoms with E-state index in [9.17, 15) is 0 Å². The Morgan fingerprint density at radius 1 is 1.19 bits per heavy atom. The summed E-state index contributed by atoms with van der Waals surface area (Å²) in [5, 5.41) is 15.8.